The number of carbonyl (C=O) groups is 1. The summed E-state index contributed by atoms with van der Waals surface area (Å²) >= 11 is 0. The molecule has 0 atom stereocenters. The number of Topliss-reactive ketones (excluding diaryl/α,β-unsaturated/α-hetero) is 1. The molecule has 1 aliphatic carbocycles. The van der Waals surface area contributed by atoms with Crippen LogP contribution in [0.2, 0.25) is 0 Å². The van der Waals surface area contributed by atoms with Gasteiger partial charge in [-0.2, -0.15) is 0 Å². The van der Waals surface area contributed by atoms with Crippen LogP contribution in [0, 0.1) is 6.92 Å². The summed E-state index contributed by atoms with van der Waals surface area (Å²) in [5.74, 6) is 3.78. The summed E-state index contributed by atoms with van der Waals surface area (Å²) in [6.07, 6.45) is 3.08. The van der Waals surface area contributed by atoms with Crippen LogP contribution in [0.1, 0.15) is 55.6 Å². The van der Waals surface area contributed by atoms with Crippen LogP contribution in [0.3, 0.4) is 0 Å². The highest BCUT2D eigenvalue weighted by molar-refractivity contribution is 8.76. The van der Waals surface area contributed by atoms with Gasteiger partial charge in [-0.15, -0.1) is 0 Å². The highest BCUT2D eigenvalue weighted by Crippen LogP contribution is 2.47. The first-order chi connectivity index (χ1) is 17.6. The maximum Gasteiger partial charge on any atom is 0.402 e. The van der Waals surface area contributed by atoms with Crippen LogP contribution in [-0.2, 0) is 27.8 Å². The van der Waals surface area contributed by atoms with E-state index >= 15 is 0 Å². The van der Waals surface area contributed by atoms with Crippen LogP contribution in [-0.4, -0.2) is 28.6 Å². The predicted molar refractivity (Wildman–Crippen MR) is 154 cm³/mol. The van der Waals surface area contributed by atoms with E-state index in [4.69, 9.17) is 9.72 Å². The van der Waals surface area contributed by atoms with Crippen molar-refractivity contribution in [1.29, 1.82) is 0 Å². The molecule has 0 radical (unpaired) electrons. The van der Waals surface area contributed by atoms with Crippen molar-refractivity contribution < 1.29 is 26.5 Å². The molecule has 2 aromatic heterocycles. The smallest absolute Gasteiger partial charge is 0.402 e. The third kappa shape index (κ3) is 4.96. The third-order valence-corrected chi connectivity index (χ3v) is 9.89. The second-order valence-corrected chi connectivity index (χ2v) is 13.3. The first kappa shape index (κ1) is 28.5. The maximum atomic E-state index is 13.1. The van der Waals surface area contributed by atoms with Gasteiger partial charge in [-0.3, -0.25) is 4.79 Å². The largest absolute Gasteiger partial charge is 1.00 e. The zero-order chi connectivity index (χ0) is 26.4. The van der Waals surface area contributed by atoms with E-state index in [1.54, 1.807) is 7.11 Å². The second kappa shape index (κ2) is 10.9. The Morgan fingerprint density at radius 2 is 1.68 bits per heavy atom. The van der Waals surface area contributed by atoms with E-state index in [0.29, 0.717) is 0 Å². The number of aryl methyl sites for hydroxylation is 1. The van der Waals surface area contributed by atoms with Gasteiger partial charge < -0.3 is 17.1 Å². The van der Waals surface area contributed by atoms with Gasteiger partial charge >= 0.3 is 5.95 Å². The molecule has 1 N–H and O–H groups in total. The highest BCUT2D eigenvalue weighted by Gasteiger charge is 2.50. The molecule has 5 nitrogen and oxygen atoms in total. The average molecular weight is 568 g/mol. The number of halogens is 1. The number of hydrogen-bond acceptors (Lipinski definition) is 5. The summed E-state index contributed by atoms with van der Waals surface area (Å²) in [5, 5.41) is 0. The summed E-state index contributed by atoms with van der Waals surface area (Å²) in [5.41, 5.74) is 6.59. The zero-order valence-corrected chi connectivity index (χ0v) is 25.1. The number of benzene rings is 2. The molecule has 4 aromatic rings. The summed E-state index contributed by atoms with van der Waals surface area (Å²) in [6, 6.07) is 16.8. The molecule has 38 heavy (non-hydrogen) atoms. The van der Waals surface area contributed by atoms with E-state index in [1.807, 2.05) is 61.5 Å². The van der Waals surface area contributed by atoms with Crippen molar-refractivity contribution in [2.75, 3.05) is 12.9 Å². The second-order valence-electron chi connectivity index (χ2n) is 10.7. The number of methoxy groups -OCH3 is 1. The van der Waals surface area contributed by atoms with Gasteiger partial charge in [-0.1, -0.05) is 56.9 Å². The van der Waals surface area contributed by atoms with Gasteiger partial charge in [0.2, 0.25) is 0 Å². The Balaban J connectivity index is 0.00000336. The van der Waals surface area contributed by atoms with Crippen LogP contribution >= 0.6 is 21.6 Å². The molecule has 0 saturated heterocycles. The van der Waals surface area contributed by atoms with Gasteiger partial charge in [0.15, 0.2) is 11.3 Å². The molecule has 0 saturated carbocycles. The summed E-state index contributed by atoms with van der Waals surface area (Å²) in [7, 11) is 5.46. The number of pyridine rings is 1. The Morgan fingerprint density at radius 3 is 2.37 bits per heavy atom. The van der Waals surface area contributed by atoms with Gasteiger partial charge in [-0.05, 0) is 69.9 Å². The Labute approximate surface area is 239 Å². The van der Waals surface area contributed by atoms with Crippen LogP contribution in [0.25, 0.3) is 17.0 Å². The first-order valence-electron chi connectivity index (χ1n) is 12.6. The minimum atomic E-state index is -0.519. The van der Waals surface area contributed by atoms with Gasteiger partial charge in [-0.25, -0.2) is 9.55 Å². The van der Waals surface area contributed by atoms with Crippen LogP contribution in [0.4, 0.5) is 0 Å². The quantitative estimate of drug-likeness (QED) is 0.201. The van der Waals surface area contributed by atoms with Crippen molar-refractivity contribution in [1.82, 2.24) is 9.97 Å². The number of nitrogens with one attached hydrogen (secondary N) is 1. The molecule has 0 amide bonds. The number of imidazole rings is 1. The highest BCUT2D eigenvalue weighted by atomic mass is 35.5. The van der Waals surface area contributed by atoms with Gasteiger partial charge in [0.1, 0.15) is 17.0 Å². The lowest BCUT2D eigenvalue weighted by Gasteiger charge is -2.21. The van der Waals surface area contributed by atoms with E-state index in [-0.39, 0.29) is 18.2 Å². The van der Waals surface area contributed by atoms with Crippen molar-refractivity contribution in [3.05, 3.63) is 82.7 Å². The molecule has 0 aliphatic heterocycles. The number of fused-ring (bicyclic) bond motifs is 2. The number of nitrogens with zero attached hydrogens (tertiary/aromatic N) is 2. The lowest BCUT2D eigenvalue weighted by Crippen LogP contribution is -3.00. The molecule has 0 unspecified atom stereocenters. The molecule has 2 heterocycles. The Hall–Kier alpha value is -2.48. The number of carbonyl (C=O) groups excluding carboxylic acids is 1. The zero-order valence-electron chi connectivity index (χ0n) is 22.7. The van der Waals surface area contributed by atoms with E-state index in [2.05, 4.69) is 58.9 Å². The van der Waals surface area contributed by atoms with Crippen LogP contribution in [0.5, 0.6) is 5.75 Å². The molecule has 2 aromatic carbocycles. The molecule has 200 valence electrons. The maximum absolute atomic E-state index is 13.1. The molecule has 5 rings (SSSR count). The SMILES string of the molecule is COc1cc[n+](-c2nc3cc4c(cc3[nH]2)C(C)(C)C(=O)C4(C)C)c(CSSCCc2ccccc2)c1C.[Cl-]. The van der Waals surface area contributed by atoms with Crippen LogP contribution < -0.4 is 21.7 Å². The number of aromatic nitrogens is 3. The average Bonchev–Trinajstić information content (AvgIpc) is 3.36. The standard InChI is InChI=1S/C30H34N3O2S2.ClH/c1-19-25(18-37-36-15-13-20-10-8-7-9-11-20)33(14-12-26(19)35-6)28-31-23-16-21-22(17-24(23)32-28)30(4,5)27(34)29(21,2)3;/h7-12,14,16-17H,13,15,18H2,1-6H3,(H,31,32);1H/q+1;/p-1. The number of ketones is 1. The van der Waals surface area contributed by atoms with Gasteiger partial charge in [0.05, 0.1) is 19.1 Å². The Kier molecular flexibility index (Phi) is 8.22. The van der Waals surface area contributed by atoms with E-state index in [0.717, 1.165) is 63.0 Å². The number of aromatic amines is 1. The van der Waals surface area contributed by atoms with E-state index in [9.17, 15) is 4.79 Å². The van der Waals surface area contributed by atoms with Crippen molar-refractivity contribution in [3.63, 3.8) is 0 Å². The number of hydrogen-bond donors (Lipinski definition) is 1. The fourth-order valence-corrected chi connectivity index (χ4v) is 7.63. The summed E-state index contributed by atoms with van der Waals surface area (Å²) in [6.45, 7) is 10.2. The minimum absolute atomic E-state index is 0. The topological polar surface area (TPSA) is 58.9 Å². The number of rotatable bonds is 8. The van der Waals surface area contributed by atoms with Crippen LogP contribution in [0.15, 0.2) is 54.7 Å². The fraction of sp³-hybridized carbons (Fsp3) is 0.367. The summed E-state index contributed by atoms with van der Waals surface area (Å²) < 4.78 is 7.77. The molecular weight excluding hydrogens is 534 g/mol. The lowest BCUT2D eigenvalue weighted by atomic mass is 9.80. The normalized spacial score (nSPS) is 15.4. The third-order valence-electron chi connectivity index (χ3n) is 7.60. The van der Waals surface area contributed by atoms with Gasteiger partial charge in [0.25, 0.3) is 0 Å². The molecule has 1 aliphatic rings. The van der Waals surface area contributed by atoms with Gasteiger partial charge in [0, 0.05) is 28.2 Å². The monoisotopic (exact) mass is 567 g/mol. The lowest BCUT2D eigenvalue weighted by molar-refractivity contribution is -0.610. The van der Waals surface area contributed by atoms with Crippen molar-refractivity contribution in [2.45, 2.75) is 57.6 Å². The van der Waals surface area contributed by atoms with Crippen molar-refractivity contribution in [2.24, 2.45) is 0 Å². The molecule has 0 spiro atoms. The Morgan fingerprint density at radius 1 is 1.00 bits per heavy atom. The summed E-state index contributed by atoms with van der Waals surface area (Å²) in [4.78, 5) is 21.6. The Bertz CT molecular complexity index is 1430. The van der Waals surface area contributed by atoms with Crippen molar-refractivity contribution in [3.8, 4) is 11.7 Å². The number of ether oxygens (including phenoxy) is 1. The molecule has 0 fully saturated rings. The molecular formula is C30H34ClN3O2S2. The van der Waals surface area contributed by atoms with E-state index < -0.39 is 10.8 Å². The predicted octanol–water partition coefficient (Wildman–Crippen LogP) is 3.42. The first-order valence-corrected chi connectivity index (χ1v) is 15.1. The van der Waals surface area contributed by atoms with E-state index in [1.165, 1.54) is 5.56 Å². The molecule has 0 bridgehead atoms. The number of H-pyrrole nitrogens is 1. The van der Waals surface area contributed by atoms with Crippen molar-refractivity contribution >= 4 is 38.4 Å². The molecule has 8 heteroatoms. The fourth-order valence-electron chi connectivity index (χ4n) is 5.46. The minimum Gasteiger partial charge on any atom is -1.00 e.